The Balaban J connectivity index is 1.74. The Bertz CT molecular complexity index is 1080. The predicted molar refractivity (Wildman–Crippen MR) is 97.1 cm³/mol. The Hall–Kier alpha value is -3.16. The largest absolute Gasteiger partial charge is 0.330 e. The van der Waals surface area contributed by atoms with Gasteiger partial charge >= 0.3 is 11.7 Å². The summed E-state index contributed by atoms with van der Waals surface area (Å²) in [6.07, 6.45) is 2.19. The highest BCUT2D eigenvalue weighted by atomic mass is 16.2. The van der Waals surface area contributed by atoms with Crippen LogP contribution in [0.25, 0.3) is 0 Å². The molecule has 2 aromatic rings. The van der Waals surface area contributed by atoms with Crippen molar-refractivity contribution in [3.05, 3.63) is 68.0 Å². The molecule has 1 aliphatic heterocycles. The summed E-state index contributed by atoms with van der Waals surface area (Å²) in [6, 6.07) is 8.41. The summed E-state index contributed by atoms with van der Waals surface area (Å²) in [5, 5.41) is 2.87. The highest BCUT2D eigenvalue weighted by Crippen LogP contribution is 2.40. The number of fused-ring (bicyclic) bond motifs is 2. The van der Waals surface area contributed by atoms with Crippen molar-refractivity contribution in [1.29, 1.82) is 0 Å². The first-order chi connectivity index (χ1) is 12.8. The molecule has 0 unspecified atom stereocenters. The second-order valence-corrected chi connectivity index (χ2v) is 7.11. The molecular weight excluding hydrogens is 348 g/mol. The molecule has 1 fully saturated rings. The number of rotatable bonds is 2. The number of urea groups is 1. The SMILES string of the molecule is Cn1c(CN2C(=O)N[C@@]3(CCCc4ccccc43)C2=O)cc(=O)n(C)c1=O. The van der Waals surface area contributed by atoms with Crippen molar-refractivity contribution in [2.24, 2.45) is 14.1 Å². The number of amides is 3. The van der Waals surface area contributed by atoms with E-state index in [0.29, 0.717) is 12.1 Å². The molecule has 2 heterocycles. The molecule has 1 aromatic carbocycles. The van der Waals surface area contributed by atoms with Gasteiger partial charge in [-0.1, -0.05) is 24.3 Å². The Morgan fingerprint density at radius 3 is 2.59 bits per heavy atom. The molecule has 0 saturated carbocycles. The van der Waals surface area contributed by atoms with Crippen LogP contribution in [0.15, 0.2) is 39.9 Å². The summed E-state index contributed by atoms with van der Waals surface area (Å²) in [4.78, 5) is 51.1. The Morgan fingerprint density at radius 2 is 1.81 bits per heavy atom. The maximum absolute atomic E-state index is 13.3. The molecule has 1 aliphatic carbocycles. The summed E-state index contributed by atoms with van der Waals surface area (Å²) in [7, 11) is 2.90. The molecule has 4 rings (SSSR count). The van der Waals surface area contributed by atoms with Gasteiger partial charge in [0.2, 0.25) is 0 Å². The average molecular weight is 368 g/mol. The summed E-state index contributed by atoms with van der Waals surface area (Å²) in [6.45, 7) is -0.129. The topological polar surface area (TPSA) is 93.4 Å². The third kappa shape index (κ3) is 2.43. The van der Waals surface area contributed by atoms with E-state index in [0.717, 1.165) is 33.4 Å². The monoisotopic (exact) mass is 368 g/mol. The fourth-order valence-electron chi connectivity index (χ4n) is 4.05. The quantitative estimate of drug-likeness (QED) is 0.775. The molecule has 1 saturated heterocycles. The van der Waals surface area contributed by atoms with Gasteiger partial charge in [0.1, 0.15) is 5.54 Å². The number of aromatic nitrogens is 2. The van der Waals surface area contributed by atoms with Crippen LogP contribution in [-0.4, -0.2) is 26.0 Å². The van der Waals surface area contributed by atoms with E-state index in [4.69, 9.17) is 0 Å². The third-order valence-corrected chi connectivity index (χ3v) is 5.60. The van der Waals surface area contributed by atoms with Crippen LogP contribution in [0.5, 0.6) is 0 Å². The van der Waals surface area contributed by atoms with Crippen LogP contribution in [-0.2, 0) is 37.4 Å². The van der Waals surface area contributed by atoms with Crippen molar-refractivity contribution in [1.82, 2.24) is 19.4 Å². The van der Waals surface area contributed by atoms with E-state index >= 15 is 0 Å². The van der Waals surface area contributed by atoms with Gasteiger partial charge in [0.25, 0.3) is 11.5 Å². The first-order valence-electron chi connectivity index (χ1n) is 8.83. The van der Waals surface area contributed by atoms with Crippen LogP contribution >= 0.6 is 0 Å². The second-order valence-electron chi connectivity index (χ2n) is 7.11. The van der Waals surface area contributed by atoms with Crippen molar-refractivity contribution >= 4 is 11.9 Å². The fraction of sp³-hybridized carbons (Fsp3) is 0.368. The van der Waals surface area contributed by atoms with Gasteiger partial charge in [0.05, 0.1) is 6.54 Å². The summed E-state index contributed by atoms with van der Waals surface area (Å²) in [5.41, 5.74) is 0.160. The molecule has 0 radical (unpaired) electrons. The molecule has 1 aromatic heterocycles. The first-order valence-corrected chi connectivity index (χ1v) is 8.83. The van der Waals surface area contributed by atoms with Crippen LogP contribution in [0.3, 0.4) is 0 Å². The highest BCUT2D eigenvalue weighted by molar-refractivity contribution is 6.07. The number of aryl methyl sites for hydroxylation is 1. The van der Waals surface area contributed by atoms with Crippen molar-refractivity contribution in [2.45, 2.75) is 31.3 Å². The molecule has 27 heavy (non-hydrogen) atoms. The number of nitrogens with zero attached hydrogens (tertiary/aromatic N) is 3. The molecule has 1 N–H and O–H groups in total. The maximum atomic E-state index is 13.3. The van der Waals surface area contributed by atoms with Crippen LogP contribution in [0, 0.1) is 0 Å². The Kier molecular flexibility index (Phi) is 3.80. The zero-order valence-corrected chi connectivity index (χ0v) is 15.2. The lowest BCUT2D eigenvalue weighted by Crippen LogP contribution is -2.46. The third-order valence-electron chi connectivity index (χ3n) is 5.60. The van der Waals surface area contributed by atoms with Crippen LogP contribution in [0.4, 0.5) is 4.79 Å². The molecule has 1 spiro atoms. The number of hydrogen-bond donors (Lipinski definition) is 1. The van der Waals surface area contributed by atoms with Crippen molar-refractivity contribution in [3.8, 4) is 0 Å². The minimum atomic E-state index is -1.06. The molecule has 2 aliphatic rings. The Morgan fingerprint density at radius 1 is 1.07 bits per heavy atom. The number of imide groups is 1. The van der Waals surface area contributed by atoms with E-state index in [1.807, 2.05) is 24.3 Å². The molecular formula is C19H20N4O4. The van der Waals surface area contributed by atoms with Gasteiger partial charge in [-0.25, -0.2) is 9.59 Å². The standard InChI is InChI=1S/C19H20N4O4/c1-21-13(10-15(24)22(2)18(21)27)11-23-16(25)19(20-17(23)26)9-5-7-12-6-3-4-8-14(12)19/h3-4,6,8,10H,5,7,9,11H2,1-2H3,(H,20,26)/t19-/m1/s1. The average Bonchev–Trinajstić information content (AvgIpc) is 2.89. The highest BCUT2D eigenvalue weighted by Gasteiger charge is 2.53. The molecule has 1 atom stereocenters. The van der Waals surface area contributed by atoms with Gasteiger partial charge in [-0.2, -0.15) is 0 Å². The lowest BCUT2D eigenvalue weighted by atomic mass is 9.76. The van der Waals surface area contributed by atoms with Crippen LogP contribution < -0.4 is 16.6 Å². The fourth-order valence-corrected chi connectivity index (χ4v) is 4.05. The molecule has 140 valence electrons. The summed E-state index contributed by atoms with van der Waals surface area (Å²) in [5.74, 6) is -0.340. The van der Waals surface area contributed by atoms with Gasteiger partial charge in [0.15, 0.2) is 0 Å². The second kappa shape index (κ2) is 5.94. The minimum Gasteiger partial charge on any atom is -0.319 e. The van der Waals surface area contributed by atoms with Crippen molar-refractivity contribution in [3.63, 3.8) is 0 Å². The van der Waals surface area contributed by atoms with Gasteiger partial charge in [-0.15, -0.1) is 0 Å². The summed E-state index contributed by atoms with van der Waals surface area (Å²) >= 11 is 0. The normalized spacial score (nSPS) is 21.5. The van der Waals surface area contributed by atoms with Gasteiger partial charge < -0.3 is 5.32 Å². The lowest BCUT2D eigenvalue weighted by Gasteiger charge is -2.33. The molecule has 3 amide bonds. The van der Waals surface area contributed by atoms with Crippen LogP contribution in [0.2, 0.25) is 0 Å². The zero-order chi connectivity index (χ0) is 19.3. The van der Waals surface area contributed by atoms with E-state index in [2.05, 4.69) is 5.32 Å². The first kappa shape index (κ1) is 17.3. The maximum Gasteiger partial charge on any atom is 0.330 e. The Labute approximate surface area is 155 Å². The van der Waals surface area contributed by atoms with E-state index in [1.165, 1.54) is 24.7 Å². The lowest BCUT2D eigenvalue weighted by molar-refractivity contribution is -0.132. The molecule has 8 nitrogen and oxygen atoms in total. The smallest absolute Gasteiger partial charge is 0.319 e. The zero-order valence-electron chi connectivity index (χ0n) is 15.2. The van der Waals surface area contributed by atoms with E-state index < -0.39 is 22.8 Å². The van der Waals surface area contributed by atoms with E-state index in [1.54, 1.807) is 0 Å². The number of nitrogens with one attached hydrogen (secondary N) is 1. The van der Waals surface area contributed by atoms with Gasteiger partial charge in [0, 0.05) is 25.9 Å². The van der Waals surface area contributed by atoms with Crippen LogP contribution in [0.1, 0.15) is 29.7 Å². The number of hydrogen-bond acceptors (Lipinski definition) is 4. The van der Waals surface area contributed by atoms with Crippen molar-refractivity contribution in [2.75, 3.05) is 0 Å². The van der Waals surface area contributed by atoms with E-state index in [-0.39, 0.29) is 12.5 Å². The minimum absolute atomic E-state index is 0.129. The number of carbonyl (C=O) groups excluding carboxylic acids is 2. The van der Waals surface area contributed by atoms with Crippen molar-refractivity contribution < 1.29 is 9.59 Å². The van der Waals surface area contributed by atoms with Gasteiger partial charge in [-0.05, 0) is 30.4 Å². The molecule has 0 bridgehead atoms. The summed E-state index contributed by atoms with van der Waals surface area (Å²) < 4.78 is 2.26. The van der Waals surface area contributed by atoms with E-state index in [9.17, 15) is 19.2 Å². The predicted octanol–water partition coefficient (Wildman–Crippen LogP) is 0.368. The molecule has 8 heteroatoms. The van der Waals surface area contributed by atoms with Gasteiger partial charge in [-0.3, -0.25) is 23.6 Å². The number of carbonyl (C=O) groups is 2. The number of benzene rings is 1.